The van der Waals surface area contributed by atoms with Gasteiger partial charge in [-0.1, -0.05) is 44.2 Å². The number of nitrogens with two attached hydrogens (primary N) is 1. The molecule has 1 saturated carbocycles. The molecule has 118 valence electrons. The zero-order valence-electron chi connectivity index (χ0n) is 13.0. The second-order valence-electron chi connectivity index (χ2n) is 6.19. The van der Waals surface area contributed by atoms with Gasteiger partial charge < -0.3 is 15.6 Å². The van der Waals surface area contributed by atoms with E-state index in [2.05, 4.69) is 0 Å². The van der Waals surface area contributed by atoms with Crippen molar-refractivity contribution in [3.05, 3.63) is 29.8 Å². The molecule has 21 heavy (non-hydrogen) atoms. The first-order valence-electron chi connectivity index (χ1n) is 8.40. The average Bonchev–Trinajstić information content (AvgIpc) is 2.47. The van der Waals surface area contributed by atoms with Gasteiger partial charge in [-0.2, -0.15) is 0 Å². The number of benzene rings is 1. The van der Waals surface area contributed by atoms with E-state index in [0.29, 0.717) is 18.9 Å². The topological polar surface area (TPSA) is 55.5 Å². The highest BCUT2D eigenvalue weighted by Gasteiger charge is 2.13. The third kappa shape index (κ3) is 5.68. The maximum atomic E-state index is 9.99. The van der Waals surface area contributed by atoms with E-state index < -0.39 is 6.10 Å². The minimum Gasteiger partial charge on any atom is -0.493 e. The lowest BCUT2D eigenvalue weighted by Crippen LogP contribution is -2.14. The molecule has 1 unspecified atom stereocenters. The molecule has 1 aromatic rings. The van der Waals surface area contributed by atoms with E-state index in [9.17, 15) is 5.11 Å². The first kappa shape index (κ1) is 16.3. The van der Waals surface area contributed by atoms with Gasteiger partial charge in [-0.25, -0.2) is 0 Å². The predicted octanol–water partition coefficient (Wildman–Crippen LogP) is 3.81. The Balaban J connectivity index is 1.85. The van der Waals surface area contributed by atoms with Crippen LogP contribution >= 0.6 is 0 Å². The van der Waals surface area contributed by atoms with Crippen LogP contribution in [0.2, 0.25) is 0 Å². The van der Waals surface area contributed by atoms with Gasteiger partial charge in [-0.15, -0.1) is 0 Å². The van der Waals surface area contributed by atoms with Crippen molar-refractivity contribution in [3.8, 4) is 5.75 Å². The molecule has 0 bridgehead atoms. The summed E-state index contributed by atoms with van der Waals surface area (Å²) in [6.45, 7) is 1.30. The molecule has 0 radical (unpaired) electrons. The molecular weight excluding hydrogens is 262 g/mol. The molecule has 0 spiro atoms. The summed E-state index contributed by atoms with van der Waals surface area (Å²) in [7, 11) is 0. The molecule has 2 rings (SSSR count). The van der Waals surface area contributed by atoms with Crippen LogP contribution in [-0.4, -0.2) is 18.3 Å². The van der Waals surface area contributed by atoms with E-state index in [1.807, 2.05) is 24.3 Å². The fraction of sp³-hybridized carbons (Fsp3) is 0.667. The van der Waals surface area contributed by atoms with Gasteiger partial charge in [0.25, 0.3) is 0 Å². The fourth-order valence-electron chi connectivity index (χ4n) is 3.06. The van der Waals surface area contributed by atoms with Gasteiger partial charge in [-0.3, -0.25) is 0 Å². The molecule has 3 N–H and O–H groups in total. The summed E-state index contributed by atoms with van der Waals surface area (Å²) in [5.74, 6) is 1.55. The second-order valence-corrected chi connectivity index (χ2v) is 6.19. The van der Waals surface area contributed by atoms with E-state index in [1.165, 1.54) is 44.9 Å². The van der Waals surface area contributed by atoms with Gasteiger partial charge in [0.2, 0.25) is 0 Å². The van der Waals surface area contributed by atoms with Crippen molar-refractivity contribution >= 4 is 0 Å². The zero-order chi connectivity index (χ0) is 14.9. The lowest BCUT2D eigenvalue weighted by atomic mass is 9.92. The molecule has 1 atom stereocenters. The van der Waals surface area contributed by atoms with Crippen LogP contribution < -0.4 is 10.5 Å². The maximum Gasteiger partial charge on any atom is 0.119 e. The summed E-state index contributed by atoms with van der Waals surface area (Å²) in [6, 6.07) is 7.80. The van der Waals surface area contributed by atoms with Crippen LogP contribution in [0.5, 0.6) is 5.75 Å². The SMILES string of the molecule is NCCC(O)c1cccc(OCC2CCCCCCC2)c1. The first-order valence-corrected chi connectivity index (χ1v) is 8.40. The molecule has 0 aromatic heterocycles. The van der Waals surface area contributed by atoms with Crippen molar-refractivity contribution in [3.63, 3.8) is 0 Å². The molecule has 1 aliphatic carbocycles. The van der Waals surface area contributed by atoms with Gasteiger partial charge >= 0.3 is 0 Å². The summed E-state index contributed by atoms with van der Waals surface area (Å²) < 4.78 is 5.97. The van der Waals surface area contributed by atoms with Gasteiger partial charge in [0.05, 0.1) is 12.7 Å². The highest BCUT2D eigenvalue weighted by molar-refractivity contribution is 5.29. The number of hydrogen-bond acceptors (Lipinski definition) is 3. The van der Waals surface area contributed by atoms with E-state index in [1.54, 1.807) is 0 Å². The molecule has 0 heterocycles. The van der Waals surface area contributed by atoms with Crippen molar-refractivity contribution in [2.75, 3.05) is 13.2 Å². The second kappa shape index (κ2) is 9.06. The van der Waals surface area contributed by atoms with Crippen LogP contribution in [0.1, 0.15) is 63.0 Å². The quantitative estimate of drug-likeness (QED) is 0.838. The smallest absolute Gasteiger partial charge is 0.119 e. The fourth-order valence-corrected chi connectivity index (χ4v) is 3.06. The molecule has 3 nitrogen and oxygen atoms in total. The summed E-state index contributed by atoms with van der Waals surface area (Å²) >= 11 is 0. The number of aliphatic hydroxyl groups excluding tert-OH is 1. The van der Waals surface area contributed by atoms with Crippen LogP contribution in [0.15, 0.2) is 24.3 Å². The average molecular weight is 291 g/mol. The predicted molar refractivity (Wildman–Crippen MR) is 86.4 cm³/mol. The monoisotopic (exact) mass is 291 g/mol. The van der Waals surface area contributed by atoms with Gasteiger partial charge in [0.1, 0.15) is 5.75 Å². The third-order valence-electron chi connectivity index (χ3n) is 4.39. The van der Waals surface area contributed by atoms with Crippen LogP contribution in [0.3, 0.4) is 0 Å². The molecule has 0 saturated heterocycles. The Kier molecular flexibility index (Phi) is 7.04. The van der Waals surface area contributed by atoms with E-state index >= 15 is 0 Å². The standard InChI is InChI=1S/C18H29NO2/c19-12-11-18(20)16-9-6-10-17(13-16)21-14-15-7-4-2-1-3-5-8-15/h6,9-10,13,15,18,20H,1-5,7-8,11-12,14,19H2. The summed E-state index contributed by atoms with van der Waals surface area (Å²) in [4.78, 5) is 0. The molecule has 0 aliphatic heterocycles. The maximum absolute atomic E-state index is 9.99. The normalized spacial score (nSPS) is 18.8. The van der Waals surface area contributed by atoms with Crippen molar-refractivity contribution in [1.29, 1.82) is 0 Å². The van der Waals surface area contributed by atoms with Crippen LogP contribution in [0.25, 0.3) is 0 Å². The van der Waals surface area contributed by atoms with Crippen LogP contribution in [0.4, 0.5) is 0 Å². The lowest BCUT2D eigenvalue weighted by molar-refractivity contribution is 0.169. The van der Waals surface area contributed by atoms with Crippen LogP contribution in [0, 0.1) is 5.92 Å². The number of rotatable bonds is 6. The minimum absolute atomic E-state index is 0.486. The van der Waals surface area contributed by atoms with Crippen molar-refractivity contribution < 1.29 is 9.84 Å². The number of hydrogen-bond donors (Lipinski definition) is 2. The molecule has 0 amide bonds. The Labute approximate surface area is 128 Å². The highest BCUT2D eigenvalue weighted by Crippen LogP contribution is 2.25. The van der Waals surface area contributed by atoms with Gasteiger partial charge in [0, 0.05) is 0 Å². The zero-order valence-corrected chi connectivity index (χ0v) is 13.0. The Bertz CT molecular complexity index is 400. The lowest BCUT2D eigenvalue weighted by Gasteiger charge is -2.20. The van der Waals surface area contributed by atoms with Crippen molar-refractivity contribution in [1.82, 2.24) is 0 Å². The summed E-state index contributed by atoms with van der Waals surface area (Å²) in [5.41, 5.74) is 6.40. The van der Waals surface area contributed by atoms with Crippen molar-refractivity contribution in [2.45, 2.75) is 57.5 Å². The first-order chi connectivity index (χ1) is 10.3. The third-order valence-corrected chi connectivity index (χ3v) is 4.39. The molecule has 1 fully saturated rings. The highest BCUT2D eigenvalue weighted by atomic mass is 16.5. The van der Waals surface area contributed by atoms with Gasteiger partial charge in [0.15, 0.2) is 0 Å². The Morgan fingerprint density at radius 1 is 1.14 bits per heavy atom. The van der Waals surface area contributed by atoms with Crippen LogP contribution in [-0.2, 0) is 0 Å². The van der Waals surface area contributed by atoms with E-state index in [4.69, 9.17) is 10.5 Å². The van der Waals surface area contributed by atoms with Gasteiger partial charge in [-0.05, 0) is 49.4 Å². The van der Waals surface area contributed by atoms with Crippen molar-refractivity contribution in [2.24, 2.45) is 11.7 Å². The molecular formula is C18H29NO2. The molecule has 1 aromatic carbocycles. The van der Waals surface area contributed by atoms with E-state index in [-0.39, 0.29) is 0 Å². The summed E-state index contributed by atoms with van der Waals surface area (Å²) in [5, 5.41) is 9.99. The molecule has 1 aliphatic rings. The molecule has 3 heteroatoms. The Morgan fingerprint density at radius 2 is 1.86 bits per heavy atom. The Morgan fingerprint density at radius 3 is 2.57 bits per heavy atom. The Hall–Kier alpha value is -1.06. The largest absolute Gasteiger partial charge is 0.493 e. The number of ether oxygens (including phenoxy) is 1. The minimum atomic E-state index is -0.486. The summed E-state index contributed by atoms with van der Waals surface area (Å²) in [6.07, 6.45) is 9.49. The number of aliphatic hydroxyl groups is 1. The van der Waals surface area contributed by atoms with E-state index in [0.717, 1.165) is 17.9 Å².